The SMILES string of the molecule is Cc1cc(C)cc(CC(=O)N(Cc2ccccc2Cl)[C@H](C)C(=O)NC(C)(C)C)c1. The summed E-state index contributed by atoms with van der Waals surface area (Å²) >= 11 is 6.33. The van der Waals surface area contributed by atoms with E-state index in [9.17, 15) is 9.59 Å². The molecule has 0 aliphatic rings. The lowest BCUT2D eigenvalue weighted by Crippen LogP contribution is -2.52. The van der Waals surface area contributed by atoms with Crippen LogP contribution in [0.15, 0.2) is 42.5 Å². The first kappa shape index (κ1) is 23.0. The first-order valence-corrected chi connectivity index (χ1v) is 10.3. The fourth-order valence-corrected chi connectivity index (χ4v) is 3.51. The molecule has 2 amide bonds. The number of carbonyl (C=O) groups excluding carboxylic acids is 2. The standard InChI is InChI=1S/C24H31ClN2O2/c1-16-11-17(2)13-19(12-16)14-22(28)27(15-20-9-7-8-10-21(20)25)18(3)23(29)26-24(4,5)6/h7-13,18H,14-15H2,1-6H3,(H,26,29)/t18-/m1/s1. The molecule has 0 saturated carbocycles. The number of nitrogens with one attached hydrogen (secondary N) is 1. The maximum atomic E-state index is 13.3. The van der Waals surface area contributed by atoms with Gasteiger partial charge in [-0.3, -0.25) is 9.59 Å². The lowest BCUT2D eigenvalue weighted by molar-refractivity contribution is -0.140. The highest BCUT2D eigenvalue weighted by Crippen LogP contribution is 2.20. The highest BCUT2D eigenvalue weighted by atomic mass is 35.5. The second-order valence-corrected chi connectivity index (χ2v) is 9.11. The minimum Gasteiger partial charge on any atom is -0.350 e. The Morgan fingerprint density at radius 1 is 1.07 bits per heavy atom. The van der Waals surface area contributed by atoms with Crippen molar-refractivity contribution in [1.29, 1.82) is 0 Å². The fourth-order valence-electron chi connectivity index (χ4n) is 3.31. The molecule has 0 bridgehead atoms. The van der Waals surface area contributed by atoms with Crippen LogP contribution < -0.4 is 5.32 Å². The van der Waals surface area contributed by atoms with Gasteiger partial charge in [-0.05, 0) is 58.7 Å². The Morgan fingerprint density at radius 3 is 2.21 bits per heavy atom. The fraction of sp³-hybridized carbons (Fsp3) is 0.417. The third kappa shape index (κ3) is 6.90. The predicted octanol–water partition coefficient (Wildman–Crippen LogP) is 4.83. The number of rotatable bonds is 6. The van der Waals surface area contributed by atoms with Crippen LogP contribution in [0, 0.1) is 13.8 Å². The van der Waals surface area contributed by atoms with Gasteiger partial charge < -0.3 is 10.2 Å². The molecule has 0 fully saturated rings. The summed E-state index contributed by atoms with van der Waals surface area (Å²) in [6, 6.07) is 12.9. The van der Waals surface area contributed by atoms with Crippen molar-refractivity contribution in [2.24, 2.45) is 0 Å². The van der Waals surface area contributed by atoms with Gasteiger partial charge in [0.15, 0.2) is 0 Å². The molecule has 0 spiro atoms. The molecule has 4 nitrogen and oxygen atoms in total. The van der Waals surface area contributed by atoms with E-state index in [1.807, 2.05) is 65.0 Å². The van der Waals surface area contributed by atoms with Crippen LogP contribution >= 0.6 is 11.6 Å². The highest BCUT2D eigenvalue weighted by molar-refractivity contribution is 6.31. The van der Waals surface area contributed by atoms with Crippen LogP contribution in [0.25, 0.3) is 0 Å². The van der Waals surface area contributed by atoms with Gasteiger partial charge in [0.2, 0.25) is 11.8 Å². The maximum Gasteiger partial charge on any atom is 0.242 e. The largest absolute Gasteiger partial charge is 0.350 e. The number of amides is 2. The first-order valence-electron chi connectivity index (χ1n) is 9.88. The van der Waals surface area contributed by atoms with E-state index in [0.717, 1.165) is 22.3 Å². The van der Waals surface area contributed by atoms with Gasteiger partial charge in [0, 0.05) is 17.1 Å². The molecule has 0 unspecified atom stereocenters. The van der Waals surface area contributed by atoms with E-state index < -0.39 is 6.04 Å². The second kappa shape index (κ2) is 9.45. The summed E-state index contributed by atoms with van der Waals surface area (Å²) in [5.41, 5.74) is 3.62. The molecule has 0 aliphatic heterocycles. The maximum absolute atomic E-state index is 13.3. The number of halogens is 1. The number of carbonyl (C=O) groups is 2. The molecule has 2 aromatic carbocycles. The third-order valence-corrected chi connectivity index (χ3v) is 4.97. The van der Waals surface area contributed by atoms with Crippen molar-refractivity contribution < 1.29 is 9.59 Å². The van der Waals surface area contributed by atoms with Crippen molar-refractivity contribution in [3.05, 3.63) is 69.7 Å². The quantitative estimate of drug-likeness (QED) is 0.735. The Balaban J connectivity index is 2.30. The van der Waals surface area contributed by atoms with Crippen LogP contribution in [0.2, 0.25) is 5.02 Å². The molecule has 0 saturated heterocycles. The summed E-state index contributed by atoms with van der Waals surface area (Å²) in [4.78, 5) is 27.7. The molecule has 29 heavy (non-hydrogen) atoms. The zero-order valence-corrected chi connectivity index (χ0v) is 18.9. The molecular formula is C24H31ClN2O2. The Labute approximate surface area is 179 Å². The molecule has 0 radical (unpaired) electrons. The van der Waals surface area contributed by atoms with E-state index in [4.69, 9.17) is 11.6 Å². The summed E-state index contributed by atoms with van der Waals surface area (Å²) in [6.07, 6.45) is 0.236. The molecule has 1 N–H and O–H groups in total. The average Bonchev–Trinajstić information content (AvgIpc) is 2.58. The molecule has 0 heterocycles. The Hall–Kier alpha value is -2.33. The summed E-state index contributed by atoms with van der Waals surface area (Å²) in [5, 5.41) is 3.55. The van der Waals surface area contributed by atoms with E-state index >= 15 is 0 Å². The number of hydrogen-bond donors (Lipinski definition) is 1. The summed E-state index contributed by atoms with van der Waals surface area (Å²) in [7, 11) is 0. The summed E-state index contributed by atoms with van der Waals surface area (Å²) in [6.45, 7) is 11.8. The van der Waals surface area contributed by atoms with Gasteiger partial charge in [0.25, 0.3) is 0 Å². The van der Waals surface area contributed by atoms with Gasteiger partial charge in [-0.15, -0.1) is 0 Å². The van der Waals surface area contributed by atoms with Crippen LogP contribution in [-0.4, -0.2) is 28.3 Å². The van der Waals surface area contributed by atoms with E-state index in [2.05, 4.69) is 11.4 Å². The molecule has 2 aromatic rings. The smallest absolute Gasteiger partial charge is 0.242 e. The summed E-state index contributed by atoms with van der Waals surface area (Å²) < 4.78 is 0. The van der Waals surface area contributed by atoms with Gasteiger partial charge in [0.1, 0.15) is 6.04 Å². The number of nitrogens with zero attached hydrogens (tertiary/aromatic N) is 1. The topological polar surface area (TPSA) is 49.4 Å². The van der Waals surface area contributed by atoms with E-state index in [0.29, 0.717) is 5.02 Å². The molecule has 0 aliphatic carbocycles. The average molecular weight is 415 g/mol. The highest BCUT2D eigenvalue weighted by Gasteiger charge is 2.28. The zero-order valence-electron chi connectivity index (χ0n) is 18.2. The van der Waals surface area contributed by atoms with Crippen molar-refractivity contribution in [3.63, 3.8) is 0 Å². The normalized spacial score (nSPS) is 12.4. The van der Waals surface area contributed by atoms with Gasteiger partial charge in [-0.25, -0.2) is 0 Å². The second-order valence-electron chi connectivity index (χ2n) is 8.70. The number of hydrogen-bond acceptors (Lipinski definition) is 2. The van der Waals surface area contributed by atoms with Crippen LogP contribution in [0.1, 0.15) is 49.9 Å². The predicted molar refractivity (Wildman–Crippen MR) is 119 cm³/mol. The lowest BCUT2D eigenvalue weighted by Gasteiger charge is -2.32. The molecule has 0 aromatic heterocycles. The third-order valence-electron chi connectivity index (χ3n) is 4.60. The molecule has 5 heteroatoms. The van der Waals surface area contributed by atoms with Gasteiger partial charge in [-0.2, -0.15) is 0 Å². The van der Waals surface area contributed by atoms with Crippen LogP contribution in [0.4, 0.5) is 0 Å². The van der Waals surface area contributed by atoms with Gasteiger partial charge >= 0.3 is 0 Å². The minimum atomic E-state index is -0.621. The van der Waals surface area contributed by atoms with E-state index in [1.54, 1.807) is 17.9 Å². The van der Waals surface area contributed by atoms with E-state index in [1.165, 1.54) is 0 Å². The van der Waals surface area contributed by atoms with Crippen molar-refractivity contribution in [2.45, 2.75) is 66.1 Å². The van der Waals surface area contributed by atoms with Crippen LogP contribution in [0.5, 0.6) is 0 Å². The van der Waals surface area contributed by atoms with Gasteiger partial charge in [-0.1, -0.05) is 59.1 Å². The molecule has 2 rings (SSSR count). The lowest BCUT2D eigenvalue weighted by atomic mass is 10.0. The zero-order chi connectivity index (χ0) is 21.8. The molecule has 156 valence electrons. The minimum absolute atomic E-state index is 0.105. The van der Waals surface area contributed by atoms with Crippen LogP contribution in [0.3, 0.4) is 0 Å². The Morgan fingerprint density at radius 2 is 1.66 bits per heavy atom. The number of benzene rings is 2. The van der Waals surface area contributed by atoms with Crippen molar-refractivity contribution in [2.75, 3.05) is 0 Å². The Kier molecular flexibility index (Phi) is 7.48. The van der Waals surface area contributed by atoms with Crippen molar-refractivity contribution >= 4 is 23.4 Å². The summed E-state index contributed by atoms with van der Waals surface area (Å²) in [5.74, 6) is -0.287. The van der Waals surface area contributed by atoms with Crippen molar-refractivity contribution in [1.82, 2.24) is 10.2 Å². The molecular weight excluding hydrogens is 384 g/mol. The van der Waals surface area contributed by atoms with Crippen LogP contribution in [-0.2, 0) is 22.6 Å². The van der Waals surface area contributed by atoms with Crippen molar-refractivity contribution in [3.8, 4) is 0 Å². The van der Waals surface area contributed by atoms with E-state index in [-0.39, 0.29) is 30.3 Å². The molecule has 1 atom stereocenters. The monoisotopic (exact) mass is 414 g/mol. The van der Waals surface area contributed by atoms with Gasteiger partial charge in [0.05, 0.1) is 6.42 Å². The first-order chi connectivity index (χ1) is 13.5. The Bertz CT molecular complexity index is 866. The number of aryl methyl sites for hydroxylation is 2.